The van der Waals surface area contributed by atoms with Crippen LogP contribution in [0.5, 0.6) is 0 Å². The fourth-order valence-electron chi connectivity index (χ4n) is 1.93. The predicted molar refractivity (Wildman–Crippen MR) is 107 cm³/mol. The number of imidazole rings is 1. The van der Waals surface area contributed by atoms with Crippen molar-refractivity contribution in [1.29, 1.82) is 0 Å². The highest BCUT2D eigenvalue weighted by molar-refractivity contribution is 8.16. The molecule has 0 saturated heterocycles. The predicted octanol–water partition coefficient (Wildman–Crippen LogP) is 6.51. The number of rotatable bonds is 8. The Kier molecular flexibility index (Phi) is 6.80. The van der Waals surface area contributed by atoms with Crippen LogP contribution in [0.25, 0.3) is 0 Å². The zero-order valence-electron chi connectivity index (χ0n) is 12.0. The zero-order chi connectivity index (χ0) is 16.1. The summed E-state index contributed by atoms with van der Waals surface area (Å²) in [5.41, 5.74) is 2.43. The van der Waals surface area contributed by atoms with Gasteiger partial charge in [-0.25, -0.2) is 4.98 Å². The number of halogens is 2. The summed E-state index contributed by atoms with van der Waals surface area (Å²) in [4.78, 5) is 4.13. The van der Waals surface area contributed by atoms with E-state index in [2.05, 4.69) is 21.7 Å². The second-order valence-electron chi connectivity index (χ2n) is 4.75. The molecular formula is C15H14Cl2N2S4. The van der Waals surface area contributed by atoms with E-state index in [1.807, 2.05) is 53.0 Å². The summed E-state index contributed by atoms with van der Waals surface area (Å²) in [5.74, 6) is 1.85. The minimum absolute atomic E-state index is 0.413. The maximum atomic E-state index is 6.21. The Hall–Kier alpha value is -0.110. The lowest BCUT2D eigenvalue weighted by Crippen LogP contribution is -2.09. The molecule has 0 aliphatic carbocycles. The van der Waals surface area contributed by atoms with Gasteiger partial charge >= 0.3 is 0 Å². The molecule has 0 radical (unpaired) electrons. The normalized spacial score (nSPS) is 11.4. The third kappa shape index (κ3) is 5.18. The summed E-state index contributed by atoms with van der Waals surface area (Å²) < 4.78 is 4.32. The summed E-state index contributed by atoms with van der Waals surface area (Å²) in [7, 11) is 0. The molecule has 8 heteroatoms. The van der Waals surface area contributed by atoms with E-state index in [1.165, 1.54) is 11.1 Å². The van der Waals surface area contributed by atoms with Crippen LogP contribution in [0, 0.1) is 0 Å². The fraction of sp³-hybridized carbons (Fsp3) is 0.267. The molecule has 0 unspecified atom stereocenters. The van der Waals surface area contributed by atoms with Crippen molar-refractivity contribution in [3.63, 3.8) is 0 Å². The van der Waals surface area contributed by atoms with Gasteiger partial charge in [-0.05, 0) is 34.0 Å². The molecule has 0 spiro atoms. The van der Waals surface area contributed by atoms with Crippen LogP contribution in [0.2, 0.25) is 8.67 Å². The van der Waals surface area contributed by atoms with Crippen molar-refractivity contribution < 1.29 is 0 Å². The molecule has 122 valence electrons. The van der Waals surface area contributed by atoms with Crippen LogP contribution in [0.15, 0.2) is 41.6 Å². The second-order valence-corrected chi connectivity index (χ2v) is 10.5. The van der Waals surface area contributed by atoms with Crippen LogP contribution in [0.3, 0.4) is 0 Å². The van der Waals surface area contributed by atoms with Gasteiger partial charge in [-0.15, -0.1) is 46.2 Å². The Morgan fingerprint density at radius 3 is 2.09 bits per heavy atom. The standard InChI is InChI=1S/C15H14Cl2N2S4/c16-14-11(1-5-20-14)8-22-13(7-19-4-3-18-10-19)23-9-12-2-6-21-15(12)17/h1-6,10,13H,7-9H2. The van der Waals surface area contributed by atoms with Crippen molar-refractivity contribution in [2.45, 2.75) is 22.6 Å². The Bertz CT molecular complexity index is 679. The summed E-state index contributed by atoms with van der Waals surface area (Å²) in [6.45, 7) is 0.916. The summed E-state index contributed by atoms with van der Waals surface area (Å²) in [5, 5.41) is 4.09. The van der Waals surface area contributed by atoms with Gasteiger partial charge in [0.25, 0.3) is 0 Å². The highest BCUT2D eigenvalue weighted by atomic mass is 35.5. The topological polar surface area (TPSA) is 17.8 Å². The highest BCUT2D eigenvalue weighted by Gasteiger charge is 2.14. The molecule has 0 aliphatic rings. The van der Waals surface area contributed by atoms with Gasteiger partial charge in [-0.3, -0.25) is 0 Å². The van der Waals surface area contributed by atoms with Crippen LogP contribution < -0.4 is 0 Å². The molecule has 0 N–H and O–H groups in total. The van der Waals surface area contributed by atoms with E-state index >= 15 is 0 Å². The molecule has 0 bridgehead atoms. The number of hydrogen-bond acceptors (Lipinski definition) is 5. The summed E-state index contributed by atoms with van der Waals surface area (Å²) >= 11 is 19.4. The van der Waals surface area contributed by atoms with E-state index in [-0.39, 0.29) is 0 Å². The van der Waals surface area contributed by atoms with Crippen LogP contribution in [-0.2, 0) is 18.1 Å². The van der Waals surface area contributed by atoms with Crippen molar-refractivity contribution in [3.8, 4) is 0 Å². The molecular weight excluding hydrogens is 407 g/mol. The van der Waals surface area contributed by atoms with Gasteiger partial charge in [-0.2, -0.15) is 0 Å². The maximum Gasteiger partial charge on any atom is 0.0968 e. The number of hydrogen-bond donors (Lipinski definition) is 0. The first-order chi connectivity index (χ1) is 11.2. The average molecular weight is 421 g/mol. The van der Waals surface area contributed by atoms with Gasteiger partial charge in [0.2, 0.25) is 0 Å². The number of thiophene rings is 2. The van der Waals surface area contributed by atoms with E-state index in [0.29, 0.717) is 4.58 Å². The third-order valence-corrected chi connectivity index (χ3v) is 8.47. The van der Waals surface area contributed by atoms with Crippen molar-refractivity contribution >= 4 is 69.4 Å². The molecule has 0 aromatic carbocycles. The molecule has 23 heavy (non-hydrogen) atoms. The van der Waals surface area contributed by atoms with Gasteiger partial charge in [0, 0.05) is 30.4 Å². The van der Waals surface area contributed by atoms with E-state index in [4.69, 9.17) is 23.2 Å². The Morgan fingerprint density at radius 1 is 1.04 bits per heavy atom. The Labute approximate surface area is 162 Å². The van der Waals surface area contributed by atoms with E-state index in [9.17, 15) is 0 Å². The van der Waals surface area contributed by atoms with Crippen LogP contribution in [-0.4, -0.2) is 14.1 Å². The van der Waals surface area contributed by atoms with Crippen molar-refractivity contribution in [3.05, 3.63) is 61.4 Å². The molecule has 0 saturated carbocycles. The first-order valence-electron chi connectivity index (χ1n) is 6.85. The second kappa shape index (κ2) is 8.83. The molecule has 0 fully saturated rings. The van der Waals surface area contributed by atoms with Crippen molar-refractivity contribution in [1.82, 2.24) is 9.55 Å². The van der Waals surface area contributed by atoms with Crippen LogP contribution >= 0.6 is 69.4 Å². The zero-order valence-corrected chi connectivity index (χ0v) is 16.8. The molecule has 0 aliphatic heterocycles. The molecule has 3 rings (SSSR count). The van der Waals surface area contributed by atoms with Crippen LogP contribution in [0.1, 0.15) is 11.1 Å². The smallest absolute Gasteiger partial charge is 0.0968 e. The minimum atomic E-state index is 0.413. The molecule has 0 amide bonds. The van der Waals surface area contributed by atoms with Gasteiger partial charge in [0.1, 0.15) is 0 Å². The maximum absolute atomic E-state index is 6.21. The minimum Gasteiger partial charge on any atom is -0.336 e. The largest absolute Gasteiger partial charge is 0.336 e. The Balaban J connectivity index is 1.61. The summed E-state index contributed by atoms with van der Waals surface area (Å²) in [6, 6.07) is 4.21. The number of thioether (sulfide) groups is 2. The average Bonchev–Trinajstić information content (AvgIpc) is 3.26. The Morgan fingerprint density at radius 2 is 1.65 bits per heavy atom. The van der Waals surface area contributed by atoms with Gasteiger partial charge in [-0.1, -0.05) is 23.2 Å². The van der Waals surface area contributed by atoms with Crippen molar-refractivity contribution in [2.24, 2.45) is 0 Å². The first-order valence-corrected chi connectivity index (χ1v) is 11.5. The monoisotopic (exact) mass is 420 g/mol. The quantitative estimate of drug-likeness (QED) is 0.386. The van der Waals surface area contributed by atoms with E-state index < -0.39 is 0 Å². The fourth-order valence-corrected chi connectivity index (χ4v) is 6.69. The SMILES string of the molecule is Clc1sccc1CSC(Cn1ccnc1)SCc1ccsc1Cl. The molecule has 3 aromatic rings. The van der Waals surface area contributed by atoms with Crippen LogP contribution in [0.4, 0.5) is 0 Å². The highest BCUT2D eigenvalue weighted by Crippen LogP contribution is 2.36. The van der Waals surface area contributed by atoms with Gasteiger partial charge in [0.05, 0.1) is 19.6 Å². The van der Waals surface area contributed by atoms with Gasteiger partial charge < -0.3 is 4.57 Å². The third-order valence-electron chi connectivity index (χ3n) is 3.15. The molecule has 3 heterocycles. The van der Waals surface area contributed by atoms with Gasteiger partial charge in [0.15, 0.2) is 0 Å². The molecule has 3 aromatic heterocycles. The van der Waals surface area contributed by atoms with E-state index in [0.717, 1.165) is 26.7 Å². The number of nitrogens with zero attached hydrogens (tertiary/aromatic N) is 2. The van der Waals surface area contributed by atoms with E-state index in [1.54, 1.807) is 22.7 Å². The number of aromatic nitrogens is 2. The molecule has 0 atom stereocenters. The lowest BCUT2D eigenvalue weighted by molar-refractivity contribution is 0.750. The van der Waals surface area contributed by atoms with Crippen molar-refractivity contribution in [2.75, 3.05) is 0 Å². The molecule has 2 nitrogen and oxygen atoms in total. The first kappa shape index (κ1) is 17.7. The summed E-state index contributed by atoms with van der Waals surface area (Å²) in [6.07, 6.45) is 5.68. The lowest BCUT2D eigenvalue weighted by Gasteiger charge is -2.16. The lowest BCUT2D eigenvalue weighted by atomic mass is 10.4.